The van der Waals surface area contributed by atoms with Crippen LogP contribution in [0.1, 0.15) is 41.6 Å². The number of rotatable bonds is 6. The van der Waals surface area contributed by atoms with E-state index in [9.17, 15) is 19.2 Å². The maximum Gasteiger partial charge on any atom is 0.417 e. The van der Waals surface area contributed by atoms with E-state index in [0.29, 0.717) is 43.5 Å². The number of hydrogen-bond acceptors (Lipinski definition) is 6. The van der Waals surface area contributed by atoms with Crippen molar-refractivity contribution < 1.29 is 28.7 Å². The maximum absolute atomic E-state index is 12.9. The zero-order valence-electron chi connectivity index (χ0n) is 19.6. The van der Waals surface area contributed by atoms with Crippen molar-refractivity contribution in [2.75, 3.05) is 26.8 Å². The lowest BCUT2D eigenvalue weighted by Crippen LogP contribution is -2.50. The van der Waals surface area contributed by atoms with E-state index in [1.54, 1.807) is 18.2 Å². The van der Waals surface area contributed by atoms with E-state index in [-0.39, 0.29) is 30.5 Å². The number of carbonyl (C=O) groups is 4. The lowest BCUT2D eigenvalue weighted by Gasteiger charge is -2.41. The van der Waals surface area contributed by atoms with E-state index in [1.165, 1.54) is 7.11 Å². The molecular formula is C26H29N3O6. The van der Waals surface area contributed by atoms with Crippen LogP contribution in [0.4, 0.5) is 4.79 Å². The predicted octanol–water partition coefficient (Wildman–Crippen LogP) is 2.40. The highest BCUT2D eigenvalue weighted by Crippen LogP contribution is 2.39. The molecule has 0 unspecified atom stereocenters. The van der Waals surface area contributed by atoms with Crippen LogP contribution in [0, 0.1) is 0 Å². The zero-order valence-corrected chi connectivity index (χ0v) is 19.6. The highest BCUT2D eigenvalue weighted by atomic mass is 16.6. The molecule has 1 heterocycles. The molecule has 1 saturated heterocycles. The molecule has 2 aromatic carbocycles. The first-order chi connectivity index (χ1) is 16.9. The summed E-state index contributed by atoms with van der Waals surface area (Å²) >= 11 is 0. The topological polar surface area (TPSA) is 114 Å². The van der Waals surface area contributed by atoms with Crippen molar-refractivity contribution in [1.82, 2.24) is 15.5 Å². The molecule has 4 amide bonds. The zero-order chi connectivity index (χ0) is 24.8. The van der Waals surface area contributed by atoms with E-state index in [0.717, 1.165) is 10.5 Å². The third-order valence-electron chi connectivity index (χ3n) is 6.80. The SMILES string of the molecule is COc1ccccc1C(=O)NC[C@]1(c2ccccc2)CC[C@H](NC(=O)C(=O)N2CCOC2=O)CC1. The van der Waals surface area contributed by atoms with Crippen molar-refractivity contribution in [2.24, 2.45) is 0 Å². The van der Waals surface area contributed by atoms with Crippen molar-refractivity contribution in [3.63, 3.8) is 0 Å². The molecule has 0 spiro atoms. The Kier molecular flexibility index (Phi) is 7.33. The van der Waals surface area contributed by atoms with Gasteiger partial charge in [0.05, 0.1) is 19.2 Å². The van der Waals surface area contributed by atoms with E-state index in [4.69, 9.17) is 9.47 Å². The van der Waals surface area contributed by atoms with Crippen molar-refractivity contribution in [2.45, 2.75) is 37.1 Å². The van der Waals surface area contributed by atoms with Gasteiger partial charge in [-0.05, 0) is 43.4 Å². The van der Waals surface area contributed by atoms with Gasteiger partial charge >= 0.3 is 17.9 Å². The number of imide groups is 1. The monoisotopic (exact) mass is 479 g/mol. The van der Waals surface area contributed by atoms with Gasteiger partial charge in [0, 0.05) is 18.0 Å². The molecule has 0 radical (unpaired) electrons. The summed E-state index contributed by atoms with van der Waals surface area (Å²) in [6.07, 6.45) is 1.87. The van der Waals surface area contributed by atoms with Gasteiger partial charge in [-0.3, -0.25) is 14.4 Å². The summed E-state index contributed by atoms with van der Waals surface area (Å²) in [6, 6.07) is 16.9. The Labute approximate surface area is 203 Å². The van der Waals surface area contributed by atoms with Crippen LogP contribution >= 0.6 is 0 Å². The average molecular weight is 480 g/mol. The number of amides is 4. The lowest BCUT2D eigenvalue weighted by atomic mass is 9.68. The lowest BCUT2D eigenvalue weighted by molar-refractivity contribution is -0.144. The van der Waals surface area contributed by atoms with Crippen LogP contribution in [0.15, 0.2) is 54.6 Å². The second-order valence-electron chi connectivity index (χ2n) is 8.85. The predicted molar refractivity (Wildman–Crippen MR) is 127 cm³/mol. The number of para-hydroxylation sites is 1. The number of carbonyl (C=O) groups excluding carboxylic acids is 4. The Bertz CT molecular complexity index is 1100. The first-order valence-corrected chi connectivity index (χ1v) is 11.7. The fourth-order valence-electron chi connectivity index (χ4n) is 4.80. The minimum atomic E-state index is -0.892. The Morgan fingerprint density at radius 2 is 1.74 bits per heavy atom. The fourth-order valence-corrected chi connectivity index (χ4v) is 4.80. The summed E-state index contributed by atoms with van der Waals surface area (Å²) in [5.74, 6) is -1.39. The van der Waals surface area contributed by atoms with Crippen LogP contribution in [-0.2, 0) is 19.7 Å². The molecule has 1 saturated carbocycles. The second kappa shape index (κ2) is 10.6. The summed E-state index contributed by atoms with van der Waals surface area (Å²) in [5, 5.41) is 5.85. The molecule has 2 aliphatic rings. The summed E-state index contributed by atoms with van der Waals surface area (Å²) < 4.78 is 10.1. The number of cyclic esters (lactones) is 1. The number of nitrogens with one attached hydrogen (secondary N) is 2. The Morgan fingerprint density at radius 3 is 2.40 bits per heavy atom. The van der Waals surface area contributed by atoms with Crippen molar-refractivity contribution >= 4 is 23.8 Å². The van der Waals surface area contributed by atoms with Crippen molar-refractivity contribution in [3.8, 4) is 5.75 Å². The highest BCUT2D eigenvalue weighted by Gasteiger charge is 2.39. The van der Waals surface area contributed by atoms with Gasteiger partial charge in [-0.15, -0.1) is 0 Å². The third-order valence-corrected chi connectivity index (χ3v) is 6.80. The maximum atomic E-state index is 12.9. The molecule has 9 nitrogen and oxygen atoms in total. The summed E-state index contributed by atoms with van der Waals surface area (Å²) in [7, 11) is 1.53. The molecule has 0 aromatic heterocycles. The van der Waals surface area contributed by atoms with Gasteiger partial charge in [0.2, 0.25) is 0 Å². The molecule has 9 heteroatoms. The molecule has 184 valence electrons. The van der Waals surface area contributed by atoms with Gasteiger partial charge in [0.15, 0.2) is 0 Å². The van der Waals surface area contributed by atoms with E-state index < -0.39 is 17.9 Å². The van der Waals surface area contributed by atoms with Gasteiger partial charge in [0.1, 0.15) is 12.4 Å². The molecular weight excluding hydrogens is 450 g/mol. The smallest absolute Gasteiger partial charge is 0.417 e. The molecule has 0 atom stereocenters. The van der Waals surface area contributed by atoms with Gasteiger partial charge < -0.3 is 20.1 Å². The minimum absolute atomic E-state index is 0.0821. The van der Waals surface area contributed by atoms with Crippen molar-refractivity contribution in [1.29, 1.82) is 0 Å². The van der Waals surface area contributed by atoms with E-state index in [2.05, 4.69) is 22.8 Å². The number of nitrogens with zero attached hydrogens (tertiary/aromatic N) is 1. The Balaban J connectivity index is 1.42. The molecule has 4 rings (SSSR count). The molecule has 1 aliphatic heterocycles. The molecule has 0 bridgehead atoms. The third kappa shape index (κ3) is 5.29. The standard InChI is InChI=1S/C26H29N3O6/c1-34-21-10-6-5-9-20(21)22(30)27-17-26(18-7-3-2-4-8-18)13-11-19(12-14-26)28-23(31)24(32)29-15-16-35-25(29)33/h2-10,19H,11-17H2,1H3,(H,27,30)(H,28,31)/t19-,26-. The number of benzene rings is 2. The molecule has 35 heavy (non-hydrogen) atoms. The summed E-state index contributed by atoms with van der Waals surface area (Å²) in [6.45, 7) is 0.604. The van der Waals surface area contributed by atoms with Crippen LogP contribution in [0.25, 0.3) is 0 Å². The minimum Gasteiger partial charge on any atom is -0.496 e. The first-order valence-electron chi connectivity index (χ1n) is 11.7. The second-order valence-corrected chi connectivity index (χ2v) is 8.85. The Morgan fingerprint density at radius 1 is 1.06 bits per heavy atom. The van der Waals surface area contributed by atoms with Crippen LogP contribution in [-0.4, -0.2) is 61.6 Å². The number of methoxy groups -OCH3 is 1. The summed E-state index contributed by atoms with van der Waals surface area (Å²) in [4.78, 5) is 50.1. The van der Waals surface area contributed by atoms with E-state index >= 15 is 0 Å². The fraction of sp³-hybridized carbons (Fsp3) is 0.385. The van der Waals surface area contributed by atoms with Gasteiger partial charge in [-0.25, -0.2) is 9.69 Å². The Hall–Kier alpha value is -3.88. The normalized spacial score (nSPS) is 21.7. The van der Waals surface area contributed by atoms with Gasteiger partial charge in [0.25, 0.3) is 5.91 Å². The van der Waals surface area contributed by atoms with E-state index in [1.807, 2.05) is 24.3 Å². The van der Waals surface area contributed by atoms with Gasteiger partial charge in [-0.1, -0.05) is 42.5 Å². The largest absolute Gasteiger partial charge is 0.496 e. The number of hydrogen-bond donors (Lipinski definition) is 2. The van der Waals surface area contributed by atoms with Crippen LogP contribution < -0.4 is 15.4 Å². The highest BCUT2D eigenvalue weighted by molar-refractivity contribution is 6.37. The van der Waals surface area contributed by atoms with Crippen LogP contribution in [0.2, 0.25) is 0 Å². The molecule has 2 N–H and O–H groups in total. The summed E-state index contributed by atoms with van der Waals surface area (Å²) in [5.41, 5.74) is 1.27. The average Bonchev–Trinajstić information content (AvgIpc) is 3.33. The first kappa shape index (κ1) is 24.3. The van der Waals surface area contributed by atoms with Crippen LogP contribution in [0.3, 0.4) is 0 Å². The van der Waals surface area contributed by atoms with Crippen LogP contribution in [0.5, 0.6) is 5.75 Å². The quantitative estimate of drug-likeness (QED) is 0.615. The molecule has 1 aliphatic carbocycles. The number of ether oxygens (including phenoxy) is 2. The molecule has 2 fully saturated rings. The van der Waals surface area contributed by atoms with Crippen molar-refractivity contribution in [3.05, 3.63) is 65.7 Å². The molecule has 2 aromatic rings. The van der Waals surface area contributed by atoms with Gasteiger partial charge in [-0.2, -0.15) is 0 Å².